The molecule has 0 aromatic carbocycles. The lowest BCUT2D eigenvalue weighted by Crippen LogP contribution is -2.40. The predicted octanol–water partition coefficient (Wildman–Crippen LogP) is 3.72. The first-order valence-corrected chi connectivity index (χ1v) is 8.78. The van der Waals surface area contributed by atoms with Crippen LogP contribution in [0.15, 0.2) is 11.6 Å². The third kappa shape index (κ3) is 5.01. The molecule has 0 saturated heterocycles. The monoisotopic (exact) mass is 308 g/mol. The minimum absolute atomic E-state index is 0.197. The van der Waals surface area contributed by atoms with E-state index in [1.165, 1.54) is 31.3 Å². The zero-order valence-corrected chi connectivity index (χ0v) is 14.7. The number of hydrogen-bond donors (Lipinski definition) is 1. The van der Waals surface area contributed by atoms with E-state index in [1.807, 2.05) is 20.8 Å². The third-order valence-corrected chi connectivity index (χ3v) is 4.73. The van der Waals surface area contributed by atoms with E-state index in [0.29, 0.717) is 12.6 Å². The lowest BCUT2D eigenvalue weighted by Gasteiger charge is -2.30. The third-order valence-electron chi connectivity index (χ3n) is 4.73. The van der Waals surface area contributed by atoms with Crippen molar-refractivity contribution in [3.8, 4) is 0 Å². The fourth-order valence-corrected chi connectivity index (χ4v) is 3.42. The van der Waals surface area contributed by atoms with Crippen LogP contribution < -0.4 is 5.32 Å². The number of hydrogen-bond acceptors (Lipinski definition) is 3. The van der Waals surface area contributed by atoms with Crippen molar-refractivity contribution < 1.29 is 9.53 Å². The molecule has 0 bridgehead atoms. The fourth-order valence-electron chi connectivity index (χ4n) is 3.42. The van der Waals surface area contributed by atoms with Gasteiger partial charge in [0.2, 0.25) is 0 Å². The molecule has 1 saturated carbocycles. The summed E-state index contributed by atoms with van der Waals surface area (Å²) in [6, 6.07) is 0.690. The van der Waals surface area contributed by atoms with Crippen molar-refractivity contribution in [2.45, 2.75) is 71.4 Å². The van der Waals surface area contributed by atoms with Gasteiger partial charge in [0.1, 0.15) is 5.60 Å². The summed E-state index contributed by atoms with van der Waals surface area (Å²) in [5, 5.41) is 3.73. The number of nitrogens with zero attached hydrogens (tertiary/aromatic N) is 1. The zero-order chi connectivity index (χ0) is 16.2. The molecule has 4 nitrogen and oxygen atoms in total. The largest absolute Gasteiger partial charge is 0.444 e. The first-order chi connectivity index (χ1) is 10.4. The highest BCUT2D eigenvalue weighted by molar-refractivity contribution is 5.68. The first-order valence-electron chi connectivity index (χ1n) is 8.78. The molecule has 1 fully saturated rings. The highest BCUT2D eigenvalue weighted by atomic mass is 16.6. The van der Waals surface area contributed by atoms with Gasteiger partial charge in [-0.2, -0.15) is 0 Å². The molecule has 1 aliphatic carbocycles. The normalized spacial score (nSPS) is 26.0. The molecule has 1 aliphatic heterocycles. The summed E-state index contributed by atoms with van der Waals surface area (Å²) < 4.78 is 5.42. The van der Waals surface area contributed by atoms with Gasteiger partial charge in [0.25, 0.3) is 0 Å². The van der Waals surface area contributed by atoms with Crippen LogP contribution in [0.5, 0.6) is 0 Å². The van der Waals surface area contributed by atoms with Crippen LogP contribution in [-0.2, 0) is 4.74 Å². The van der Waals surface area contributed by atoms with Gasteiger partial charge in [-0.1, -0.05) is 31.4 Å². The Morgan fingerprint density at radius 1 is 1.41 bits per heavy atom. The van der Waals surface area contributed by atoms with Crippen LogP contribution in [0.1, 0.15) is 59.8 Å². The Bertz CT molecular complexity index is 412. The number of carbonyl (C=O) groups excluding carboxylic acids is 1. The van der Waals surface area contributed by atoms with E-state index in [0.717, 1.165) is 25.4 Å². The SMILES string of the molecule is CCC1CCCC1NCC1=CCN(C(=O)OC(C)(C)C)CC1. The van der Waals surface area contributed by atoms with Crippen molar-refractivity contribution >= 4 is 6.09 Å². The summed E-state index contributed by atoms with van der Waals surface area (Å²) in [4.78, 5) is 13.8. The van der Waals surface area contributed by atoms with Crippen molar-refractivity contribution in [1.82, 2.24) is 10.2 Å². The van der Waals surface area contributed by atoms with E-state index in [2.05, 4.69) is 18.3 Å². The molecule has 22 heavy (non-hydrogen) atoms. The van der Waals surface area contributed by atoms with Crippen molar-refractivity contribution in [3.63, 3.8) is 0 Å². The molecule has 2 rings (SSSR count). The molecule has 0 radical (unpaired) electrons. The van der Waals surface area contributed by atoms with Gasteiger partial charge in [-0.15, -0.1) is 0 Å². The topological polar surface area (TPSA) is 41.6 Å². The van der Waals surface area contributed by atoms with E-state index >= 15 is 0 Å². The summed E-state index contributed by atoms with van der Waals surface area (Å²) in [6.07, 6.45) is 8.28. The number of rotatable bonds is 4. The smallest absolute Gasteiger partial charge is 0.410 e. The Morgan fingerprint density at radius 2 is 2.18 bits per heavy atom. The van der Waals surface area contributed by atoms with E-state index in [4.69, 9.17) is 4.74 Å². The van der Waals surface area contributed by atoms with Crippen LogP contribution >= 0.6 is 0 Å². The average molecular weight is 308 g/mol. The summed E-state index contributed by atoms with van der Waals surface area (Å²) in [6.45, 7) is 10.4. The molecule has 0 spiro atoms. The Labute approximate surface area is 135 Å². The summed E-state index contributed by atoms with van der Waals surface area (Å²) in [5.41, 5.74) is 1.02. The lowest BCUT2D eigenvalue weighted by atomic mass is 10.00. The van der Waals surface area contributed by atoms with Gasteiger partial charge in [0.15, 0.2) is 0 Å². The van der Waals surface area contributed by atoms with Crippen LogP contribution in [0.2, 0.25) is 0 Å². The van der Waals surface area contributed by atoms with Crippen molar-refractivity contribution in [3.05, 3.63) is 11.6 Å². The van der Waals surface area contributed by atoms with Crippen LogP contribution in [0.25, 0.3) is 0 Å². The van der Waals surface area contributed by atoms with Crippen LogP contribution in [0.4, 0.5) is 4.79 Å². The number of nitrogens with one attached hydrogen (secondary N) is 1. The molecule has 2 aliphatic rings. The minimum Gasteiger partial charge on any atom is -0.444 e. The zero-order valence-electron chi connectivity index (χ0n) is 14.7. The van der Waals surface area contributed by atoms with Gasteiger partial charge in [0, 0.05) is 25.7 Å². The second-order valence-electron chi connectivity index (χ2n) is 7.63. The first kappa shape index (κ1) is 17.3. The van der Waals surface area contributed by atoms with Gasteiger partial charge in [-0.3, -0.25) is 0 Å². The molecule has 1 heterocycles. The van der Waals surface area contributed by atoms with Gasteiger partial charge >= 0.3 is 6.09 Å². The van der Waals surface area contributed by atoms with E-state index in [1.54, 1.807) is 4.90 Å². The fraction of sp³-hybridized carbons (Fsp3) is 0.833. The second kappa shape index (κ2) is 7.49. The van der Waals surface area contributed by atoms with Crippen molar-refractivity contribution in [2.24, 2.45) is 5.92 Å². The molecule has 1 N–H and O–H groups in total. The quantitative estimate of drug-likeness (QED) is 0.805. The van der Waals surface area contributed by atoms with Gasteiger partial charge < -0.3 is 15.0 Å². The van der Waals surface area contributed by atoms with E-state index in [9.17, 15) is 4.79 Å². The molecule has 1 amide bonds. The highest BCUT2D eigenvalue weighted by Crippen LogP contribution is 2.28. The van der Waals surface area contributed by atoms with Crippen molar-refractivity contribution in [1.29, 1.82) is 0 Å². The molecule has 126 valence electrons. The molecular weight excluding hydrogens is 276 g/mol. The average Bonchev–Trinajstić information content (AvgIpc) is 2.91. The standard InChI is InChI=1S/C18H32N2O2/c1-5-15-7-6-8-16(15)19-13-14-9-11-20(12-10-14)17(21)22-18(2,3)4/h9,15-16,19H,5-8,10-13H2,1-4H3. The summed E-state index contributed by atoms with van der Waals surface area (Å²) in [5.74, 6) is 0.849. The minimum atomic E-state index is -0.416. The van der Waals surface area contributed by atoms with E-state index in [-0.39, 0.29) is 6.09 Å². The maximum atomic E-state index is 12.0. The number of ether oxygens (including phenoxy) is 1. The van der Waals surface area contributed by atoms with Gasteiger partial charge in [0.05, 0.1) is 0 Å². The summed E-state index contributed by atoms with van der Waals surface area (Å²) in [7, 11) is 0. The van der Waals surface area contributed by atoms with E-state index < -0.39 is 5.60 Å². The Kier molecular flexibility index (Phi) is 5.90. The van der Waals surface area contributed by atoms with Crippen LogP contribution in [0.3, 0.4) is 0 Å². The maximum absolute atomic E-state index is 12.0. The molecule has 2 atom stereocenters. The lowest BCUT2D eigenvalue weighted by molar-refractivity contribution is 0.0265. The summed E-state index contributed by atoms with van der Waals surface area (Å²) >= 11 is 0. The molecule has 2 unspecified atom stereocenters. The second-order valence-corrected chi connectivity index (χ2v) is 7.63. The molecule has 0 aromatic rings. The predicted molar refractivity (Wildman–Crippen MR) is 89.9 cm³/mol. The molecule has 4 heteroatoms. The van der Waals surface area contributed by atoms with Gasteiger partial charge in [-0.25, -0.2) is 4.79 Å². The Balaban J connectivity index is 1.76. The Hall–Kier alpha value is -1.03. The van der Waals surface area contributed by atoms with Crippen LogP contribution in [0, 0.1) is 5.92 Å². The molecular formula is C18H32N2O2. The van der Waals surface area contributed by atoms with Crippen molar-refractivity contribution in [2.75, 3.05) is 19.6 Å². The molecule has 0 aromatic heterocycles. The number of carbonyl (C=O) groups is 1. The highest BCUT2D eigenvalue weighted by Gasteiger charge is 2.26. The maximum Gasteiger partial charge on any atom is 0.410 e. The van der Waals surface area contributed by atoms with Crippen LogP contribution in [-0.4, -0.2) is 42.3 Å². The van der Waals surface area contributed by atoms with Gasteiger partial charge in [-0.05, 0) is 46.0 Å². The Morgan fingerprint density at radius 3 is 2.77 bits per heavy atom. The number of amides is 1.